The molecule has 0 aromatic carbocycles. The molecule has 0 bridgehead atoms. The number of rotatable bonds is 7. The lowest BCUT2D eigenvalue weighted by molar-refractivity contribution is -0.121. The van der Waals surface area contributed by atoms with Gasteiger partial charge in [-0.25, -0.2) is 4.98 Å². The number of aromatic nitrogens is 3. The minimum absolute atomic E-state index is 0.173. The summed E-state index contributed by atoms with van der Waals surface area (Å²) in [5.41, 5.74) is 1.98. The van der Waals surface area contributed by atoms with Crippen LogP contribution in [0.1, 0.15) is 58.1 Å². The maximum absolute atomic E-state index is 11.8. The second kappa shape index (κ2) is 7.64. The highest BCUT2D eigenvalue weighted by Crippen LogP contribution is 2.24. The Balaban J connectivity index is 1.67. The Kier molecular flexibility index (Phi) is 5.33. The number of hydrogen-bond acceptors (Lipinski definition) is 4. The van der Waals surface area contributed by atoms with Crippen LogP contribution in [0.15, 0.2) is 18.3 Å². The summed E-state index contributed by atoms with van der Waals surface area (Å²) in [6, 6.07) is 4.69. The molecule has 2 aromatic rings. The molecular weight excluding hydrogens is 302 g/mol. The number of carbonyl (C=O) groups is 1. The molecule has 1 fully saturated rings. The van der Waals surface area contributed by atoms with Crippen LogP contribution >= 0.6 is 0 Å². The van der Waals surface area contributed by atoms with E-state index in [9.17, 15) is 4.79 Å². The third kappa shape index (κ3) is 3.86. The summed E-state index contributed by atoms with van der Waals surface area (Å²) in [6.07, 6.45) is 8.40. The van der Waals surface area contributed by atoms with Gasteiger partial charge in [0.15, 0.2) is 5.65 Å². The quantitative estimate of drug-likeness (QED) is 0.819. The molecule has 1 aliphatic carbocycles. The van der Waals surface area contributed by atoms with Gasteiger partial charge >= 0.3 is 0 Å². The second-order valence-corrected chi connectivity index (χ2v) is 6.65. The van der Waals surface area contributed by atoms with Crippen LogP contribution in [0.25, 0.3) is 5.65 Å². The number of fused-ring (bicyclic) bond motifs is 1. The van der Waals surface area contributed by atoms with Crippen LogP contribution in [0.4, 0.5) is 5.82 Å². The van der Waals surface area contributed by atoms with E-state index in [0.717, 1.165) is 55.7 Å². The summed E-state index contributed by atoms with van der Waals surface area (Å²) in [4.78, 5) is 16.4. The number of amides is 1. The maximum Gasteiger partial charge on any atom is 0.220 e. The number of hydrogen-bond donors (Lipinski definition) is 2. The molecular formula is C18H27N5O. The first-order valence-corrected chi connectivity index (χ1v) is 9.09. The Hall–Kier alpha value is -2.11. The molecule has 0 radical (unpaired) electrons. The van der Waals surface area contributed by atoms with Crippen molar-refractivity contribution in [2.24, 2.45) is 0 Å². The topological polar surface area (TPSA) is 71.3 Å². The summed E-state index contributed by atoms with van der Waals surface area (Å²) in [5.74, 6) is 1.17. The van der Waals surface area contributed by atoms with Crippen molar-refractivity contribution in [3.8, 4) is 0 Å². The average molecular weight is 329 g/mol. The summed E-state index contributed by atoms with van der Waals surface area (Å²) in [7, 11) is 0. The summed E-state index contributed by atoms with van der Waals surface area (Å²) >= 11 is 0. The fraction of sp³-hybridized carbons (Fsp3) is 0.611. The predicted octanol–water partition coefficient (Wildman–Crippen LogP) is 2.93. The molecule has 2 N–H and O–H groups in total. The van der Waals surface area contributed by atoms with Crippen LogP contribution in [-0.4, -0.2) is 32.6 Å². The number of aryl methyl sites for hydroxylation is 1. The fourth-order valence-corrected chi connectivity index (χ4v) is 3.43. The molecule has 1 amide bonds. The highest BCUT2D eigenvalue weighted by atomic mass is 16.1. The van der Waals surface area contributed by atoms with Crippen LogP contribution in [0.2, 0.25) is 0 Å². The van der Waals surface area contributed by atoms with E-state index in [1.54, 1.807) is 6.20 Å². The van der Waals surface area contributed by atoms with Crippen molar-refractivity contribution in [1.82, 2.24) is 19.9 Å². The highest BCUT2D eigenvalue weighted by molar-refractivity contribution is 5.76. The van der Waals surface area contributed by atoms with Gasteiger partial charge in [0.1, 0.15) is 5.82 Å². The fourth-order valence-electron chi connectivity index (χ4n) is 3.43. The first-order chi connectivity index (χ1) is 11.7. The Labute approximate surface area is 143 Å². The Morgan fingerprint density at radius 2 is 2.12 bits per heavy atom. The molecule has 0 unspecified atom stereocenters. The van der Waals surface area contributed by atoms with Gasteiger partial charge in [0, 0.05) is 36.3 Å². The molecule has 2 atom stereocenters. The van der Waals surface area contributed by atoms with E-state index < -0.39 is 0 Å². The minimum Gasteiger partial charge on any atom is -0.367 e. The zero-order chi connectivity index (χ0) is 16.9. The van der Waals surface area contributed by atoms with Crippen LogP contribution in [0.5, 0.6) is 0 Å². The van der Waals surface area contributed by atoms with Gasteiger partial charge in [-0.05, 0) is 32.1 Å². The number of nitrogens with one attached hydrogen (secondary N) is 2. The standard InChI is InChI=1S/C18H27N5O/c1-3-5-13-12-17(23-16(20-13)9-10-19-23)21-14-7-8-15(11-14)22-18(24)6-4-2/h9-10,12,14-15,21H,3-8,11H2,1-2H3,(H,22,24)/t14-,15-/m1/s1. The molecule has 1 saturated carbocycles. The number of carbonyl (C=O) groups excluding carboxylic acids is 1. The molecule has 130 valence electrons. The van der Waals surface area contributed by atoms with E-state index in [1.165, 1.54) is 0 Å². The van der Waals surface area contributed by atoms with E-state index in [4.69, 9.17) is 0 Å². The number of anilines is 1. The zero-order valence-corrected chi connectivity index (χ0v) is 14.6. The molecule has 24 heavy (non-hydrogen) atoms. The van der Waals surface area contributed by atoms with Crippen molar-refractivity contribution in [3.05, 3.63) is 24.0 Å². The predicted molar refractivity (Wildman–Crippen MR) is 95.1 cm³/mol. The van der Waals surface area contributed by atoms with E-state index in [-0.39, 0.29) is 11.9 Å². The largest absolute Gasteiger partial charge is 0.367 e. The molecule has 3 rings (SSSR count). The van der Waals surface area contributed by atoms with Crippen LogP contribution in [0.3, 0.4) is 0 Å². The van der Waals surface area contributed by atoms with Crippen molar-refractivity contribution < 1.29 is 4.79 Å². The smallest absolute Gasteiger partial charge is 0.220 e. The zero-order valence-electron chi connectivity index (χ0n) is 14.6. The van der Waals surface area contributed by atoms with Gasteiger partial charge < -0.3 is 10.6 Å². The van der Waals surface area contributed by atoms with Gasteiger partial charge in [-0.15, -0.1) is 0 Å². The molecule has 0 spiro atoms. The van der Waals surface area contributed by atoms with E-state index in [0.29, 0.717) is 12.5 Å². The van der Waals surface area contributed by atoms with Gasteiger partial charge in [-0.2, -0.15) is 9.61 Å². The molecule has 6 heteroatoms. The van der Waals surface area contributed by atoms with Crippen molar-refractivity contribution in [1.29, 1.82) is 0 Å². The van der Waals surface area contributed by atoms with Gasteiger partial charge in [0.05, 0.1) is 6.20 Å². The first-order valence-electron chi connectivity index (χ1n) is 9.09. The van der Waals surface area contributed by atoms with Crippen LogP contribution < -0.4 is 10.6 Å². The monoisotopic (exact) mass is 329 g/mol. The molecule has 1 aliphatic rings. The van der Waals surface area contributed by atoms with Gasteiger partial charge in [0.2, 0.25) is 5.91 Å². The molecule has 2 heterocycles. The first kappa shape index (κ1) is 16.7. The Morgan fingerprint density at radius 1 is 1.29 bits per heavy atom. The summed E-state index contributed by atoms with van der Waals surface area (Å²) in [5, 5.41) is 11.1. The summed E-state index contributed by atoms with van der Waals surface area (Å²) < 4.78 is 1.86. The lowest BCUT2D eigenvalue weighted by atomic mass is 10.2. The second-order valence-electron chi connectivity index (χ2n) is 6.65. The highest BCUT2D eigenvalue weighted by Gasteiger charge is 2.26. The third-order valence-electron chi connectivity index (χ3n) is 4.55. The third-order valence-corrected chi connectivity index (χ3v) is 4.55. The van der Waals surface area contributed by atoms with Gasteiger partial charge in [0.25, 0.3) is 0 Å². The van der Waals surface area contributed by atoms with Crippen molar-refractivity contribution >= 4 is 17.4 Å². The average Bonchev–Trinajstić information content (AvgIpc) is 3.17. The molecule has 6 nitrogen and oxygen atoms in total. The van der Waals surface area contributed by atoms with Crippen LogP contribution in [0, 0.1) is 0 Å². The lowest BCUT2D eigenvalue weighted by Crippen LogP contribution is -2.33. The Bertz CT molecular complexity index is 696. The van der Waals surface area contributed by atoms with Crippen molar-refractivity contribution in [3.63, 3.8) is 0 Å². The normalized spacial score (nSPS) is 20.4. The van der Waals surface area contributed by atoms with Crippen molar-refractivity contribution in [2.75, 3.05) is 5.32 Å². The summed E-state index contributed by atoms with van der Waals surface area (Å²) in [6.45, 7) is 4.20. The minimum atomic E-state index is 0.173. The van der Waals surface area contributed by atoms with Crippen molar-refractivity contribution in [2.45, 2.75) is 70.9 Å². The molecule has 0 aliphatic heterocycles. The number of nitrogens with zero attached hydrogens (tertiary/aromatic N) is 3. The molecule has 0 saturated heterocycles. The maximum atomic E-state index is 11.8. The van der Waals surface area contributed by atoms with Gasteiger partial charge in [-0.3, -0.25) is 4.79 Å². The lowest BCUT2D eigenvalue weighted by Gasteiger charge is -2.17. The Morgan fingerprint density at radius 3 is 2.92 bits per heavy atom. The van der Waals surface area contributed by atoms with E-state index in [2.05, 4.69) is 33.7 Å². The van der Waals surface area contributed by atoms with Crippen LogP contribution in [-0.2, 0) is 11.2 Å². The van der Waals surface area contributed by atoms with Gasteiger partial charge in [-0.1, -0.05) is 20.3 Å². The van der Waals surface area contributed by atoms with E-state index in [1.807, 2.05) is 17.5 Å². The molecule has 2 aromatic heterocycles. The SMILES string of the molecule is CCCC(=O)N[C@@H]1CC[C@@H](Nc2cc(CCC)nc3ccnn23)C1. The van der Waals surface area contributed by atoms with E-state index >= 15 is 0 Å².